The molecule has 1 aromatic carbocycles. The van der Waals surface area contributed by atoms with Gasteiger partial charge in [-0.15, -0.1) is 0 Å². The van der Waals surface area contributed by atoms with Crippen LogP contribution in [0.15, 0.2) is 18.2 Å². The van der Waals surface area contributed by atoms with E-state index in [1.165, 1.54) is 19.2 Å². The zero-order chi connectivity index (χ0) is 16.2. The monoisotopic (exact) mass is 314 g/mol. The molecular formula is C13H15ClN2O5. The number of nitro groups is 1. The van der Waals surface area contributed by atoms with Gasteiger partial charge in [0.25, 0.3) is 11.6 Å². The minimum absolute atomic E-state index is 0.125. The summed E-state index contributed by atoms with van der Waals surface area (Å²) in [5.41, 5.74) is -0.165. The zero-order valence-corrected chi connectivity index (χ0v) is 12.5. The van der Waals surface area contributed by atoms with Gasteiger partial charge < -0.3 is 10.1 Å². The van der Waals surface area contributed by atoms with E-state index < -0.39 is 22.8 Å². The molecule has 0 aromatic heterocycles. The number of ether oxygens (including phenoxy) is 1. The Hall–Kier alpha value is -2.15. The molecule has 0 saturated carbocycles. The number of nitrogens with zero attached hydrogens (tertiary/aromatic N) is 1. The molecule has 0 aliphatic rings. The van der Waals surface area contributed by atoms with Crippen molar-refractivity contribution < 1.29 is 19.2 Å². The standard InChI is InChI=1S/C13H15ClN2O5/c1-7(2)11(13(18)21-3)15-12(17)8-4-5-10(16(19)20)9(14)6-8/h4-7,11H,1-3H3,(H,15,17). The minimum atomic E-state index is -0.809. The molecule has 1 N–H and O–H groups in total. The summed E-state index contributed by atoms with van der Waals surface area (Å²) in [6.07, 6.45) is 0. The number of amides is 1. The second-order valence-electron chi connectivity index (χ2n) is 4.64. The first-order chi connectivity index (χ1) is 9.77. The van der Waals surface area contributed by atoms with Crippen molar-refractivity contribution in [1.82, 2.24) is 5.32 Å². The van der Waals surface area contributed by atoms with E-state index in [4.69, 9.17) is 11.6 Å². The van der Waals surface area contributed by atoms with Gasteiger partial charge in [-0.1, -0.05) is 25.4 Å². The van der Waals surface area contributed by atoms with Crippen LogP contribution < -0.4 is 5.32 Å². The Morgan fingerprint density at radius 1 is 1.38 bits per heavy atom. The number of carbonyl (C=O) groups is 2. The van der Waals surface area contributed by atoms with Gasteiger partial charge in [-0.05, 0) is 18.1 Å². The Kier molecular flexibility index (Phi) is 5.66. The number of hydrogen-bond donors (Lipinski definition) is 1. The highest BCUT2D eigenvalue weighted by molar-refractivity contribution is 6.33. The normalized spacial score (nSPS) is 11.9. The van der Waals surface area contributed by atoms with Crippen molar-refractivity contribution in [1.29, 1.82) is 0 Å². The quantitative estimate of drug-likeness (QED) is 0.510. The fourth-order valence-corrected chi connectivity index (χ4v) is 1.90. The Balaban J connectivity index is 2.96. The van der Waals surface area contributed by atoms with Gasteiger partial charge in [0.1, 0.15) is 11.1 Å². The fraction of sp³-hybridized carbons (Fsp3) is 0.385. The second-order valence-corrected chi connectivity index (χ2v) is 5.05. The molecule has 0 radical (unpaired) electrons. The van der Waals surface area contributed by atoms with Crippen LogP contribution in [0, 0.1) is 16.0 Å². The number of rotatable bonds is 5. The molecule has 1 unspecified atom stereocenters. The van der Waals surface area contributed by atoms with Crippen molar-refractivity contribution >= 4 is 29.2 Å². The lowest BCUT2D eigenvalue weighted by atomic mass is 10.0. The molecule has 8 heteroatoms. The van der Waals surface area contributed by atoms with Gasteiger partial charge in [-0.25, -0.2) is 4.79 Å². The van der Waals surface area contributed by atoms with Gasteiger partial charge in [-0.3, -0.25) is 14.9 Å². The van der Waals surface area contributed by atoms with E-state index in [1.807, 2.05) is 0 Å². The molecule has 7 nitrogen and oxygen atoms in total. The molecule has 0 saturated heterocycles. The average molecular weight is 315 g/mol. The molecule has 0 bridgehead atoms. The van der Waals surface area contributed by atoms with E-state index >= 15 is 0 Å². The van der Waals surface area contributed by atoms with Crippen LogP contribution in [0.1, 0.15) is 24.2 Å². The van der Waals surface area contributed by atoms with Gasteiger partial charge in [0.15, 0.2) is 0 Å². The molecule has 21 heavy (non-hydrogen) atoms. The van der Waals surface area contributed by atoms with Crippen molar-refractivity contribution in [2.45, 2.75) is 19.9 Å². The van der Waals surface area contributed by atoms with Crippen LogP contribution in [0.25, 0.3) is 0 Å². The second kappa shape index (κ2) is 7.03. The summed E-state index contributed by atoms with van der Waals surface area (Å²) in [5.74, 6) is -1.29. The van der Waals surface area contributed by atoms with Crippen LogP contribution in [0.3, 0.4) is 0 Å². The van der Waals surface area contributed by atoms with E-state index in [0.29, 0.717) is 0 Å². The lowest BCUT2D eigenvalue weighted by Gasteiger charge is -2.19. The van der Waals surface area contributed by atoms with Crippen molar-refractivity contribution in [3.8, 4) is 0 Å². The van der Waals surface area contributed by atoms with Crippen LogP contribution in [0.5, 0.6) is 0 Å². The van der Waals surface area contributed by atoms with Gasteiger partial charge in [0, 0.05) is 11.6 Å². The summed E-state index contributed by atoms with van der Waals surface area (Å²) < 4.78 is 4.62. The van der Waals surface area contributed by atoms with Gasteiger partial charge in [-0.2, -0.15) is 0 Å². The molecule has 114 valence electrons. The summed E-state index contributed by atoms with van der Waals surface area (Å²) in [5, 5.41) is 13.0. The maximum atomic E-state index is 12.1. The van der Waals surface area contributed by atoms with Crippen molar-refractivity contribution in [3.05, 3.63) is 38.9 Å². The lowest BCUT2D eigenvalue weighted by Crippen LogP contribution is -2.45. The number of carbonyl (C=O) groups excluding carboxylic acids is 2. The van der Waals surface area contributed by atoms with Gasteiger partial charge >= 0.3 is 5.97 Å². The molecule has 0 heterocycles. The largest absolute Gasteiger partial charge is 0.467 e. The maximum Gasteiger partial charge on any atom is 0.328 e. The third-order valence-electron chi connectivity index (χ3n) is 2.81. The first-order valence-corrected chi connectivity index (χ1v) is 6.48. The van der Waals surface area contributed by atoms with Crippen LogP contribution in [0.2, 0.25) is 5.02 Å². The Bertz CT molecular complexity index is 574. The average Bonchev–Trinajstić information content (AvgIpc) is 2.42. The first-order valence-electron chi connectivity index (χ1n) is 6.10. The van der Waals surface area contributed by atoms with E-state index in [1.54, 1.807) is 13.8 Å². The number of halogens is 1. The van der Waals surface area contributed by atoms with E-state index in [9.17, 15) is 19.7 Å². The maximum absolute atomic E-state index is 12.1. The predicted octanol–water partition coefficient (Wildman–Crippen LogP) is 2.18. The number of esters is 1. The van der Waals surface area contributed by atoms with Gasteiger partial charge in [0.05, 0.1) is 12.0 Å². The summed E-state index contributed by atoms with van der Waals surface area (Å²) in [6.45, 7) is 3.51. The van der Waals surface area contributed by atoms with Crippen molar-refractivity contribution in [3.63, 3.8) is 0 Å². The Labute approximate surface area is 126 Å². The smallest absolute Gasteiger partial charge is 0.328 e. The number of hydrogen-bond acceptors (Lipinski definition) is 5. The fourth-order valence-electron chi connectivity index (χ4n) is 1.65. The number of nitro benzene ring substituents is 1. The van der Waals surface area contributed by atoms with E-state index in [0.717, 1.165) is 6.07 Å². The van der Waals surface area contributed by atoms with E-state index in [2.05, 4.69) is 10.1 Å². The summed E-state index contributed by atoms with van der Waals surface area (Å²) >= 11 is 5.74. The third-order valence-corrected chi connectivity index (χ3v) is 3.12. The SMILES string of the molecule is COC(=O)C(NC(=O)c1ccc([N+](=O)[O-])c(Cl)c1)C(C)C. The minimum Gasteiger partial charge on any atom is -0.467 e. The third kappa shape index (κ3) is 4.16. The van der Waals surface area contributed by atoms with Crippen LogP contribution >= 0.6 is 11.6 Å². The molecule has 0 aliphatic carbocycles. The van der Waals surface area contributed by atoms with Crippen molar-refractivity contribution in [2.24, 2.45) is 5.92 Å². The molecule has 1 aromatic rings. The molecule has 0 spiro atoms. The number of benzene rings is 1. The summed E-state index contributed by atoms with van der Waals surface area (Å²) in [4.78, 5) is 33.7. The molecular weight excluding hydrogens is 300 g/mol. The molecule has 1 atom stereocenters. The summed E-state index contributed by atoms with van der Waals surface area (Å²) in [7, 11) is 1.23. The summed E-state index contributed by atoms with van der Waals surface area (Å²) in [6, 6.07) is 2.79. The predicted molar refractivity (Wildman–Crippen MR) is 76.2 cm³/mol. The molecule has 1 rings (SSSR count). The molecule has 1 amide bonds. The highest BCUT2D eigenvalue weighted by Gasteiger charge is 2.26. The molecule has 0 fully saturated rings. The van der Waals surface area contributed by atoms with Crippen LogP contribution in [0.4, 0.5) is 5.69 Å². The number of methoxy groups -OCH3 is 1. The first kappa shape index (κ1) is 16.9. The molecule has 0 aliphatic heterocycles. The Morgan fingerprint density at radius 3 is 2.43 bits per heavy atom. The van der Waals surface area contributed by atoms with E-state index in [-0.39, 0.29) is 22.2 Å². The lowest BCUT2D eigenvalue weighted by molar-refractivity contribution is -0.384. The number of nitrogens with one attached hydrogen (secondary N) is 1. The highest BCUT2D eigenvalue weighted by Crippen LogP contribution is 2.25. The van der Waals surface area contributed by atoms with Crippen LogP contribution in [-0.4, -0.2) is 30.0 Å². The topological polar surface area (TPSA) is 98.5 Å². The highest BCUT2D eigenvalue weighted by atomic mass is 35.5. The van der Waals surface area contributed by atoms with Crippen molar-refractivity contribution in [2.75, 3.05) is 7.11 Å². The van der Waals surface area contributed by atoms with Crippen LogP contribution in [-0.2, 0) is 9.53 Å². The van der Waals surface area contributed by atoms with Gasteiger partial charge in [0.2, 0.25) is 0 Å². The zero-order valence-electron chi connectivity index (χ0n) is 11.8. The Morgan fingerprint density at radius 2 is 2.00 bits per heavy atom.